The molecule has 0 radical (unpaired) electrons. The van der Waals surface area contributed by atoms with E-state index in [1.54, 1.807) is 0 Å². The van der Waals surface area contributed by atoms with E-state index in [0.717, 1.165) is 48.5 Å². The predicted molar refractivity (Wildman–Crippen MR) is 119 cm³/mol. The standard InChI is InChI=1S/C20H25N7OS/c1-3-26-16-15(13(2)21-19(23-16)25-9-11-28-12-10-25)22-18-17(26)24-20(29)27(18)14-7-5-4-6-8-14/h4-8,17-18,22H,3,9-12H2,1-2H3,(H,24,29)/t17-,18-/m1/s1. The molecule has 0 unspecified atom stereocenters. The molecule has 0 spiro atoms. The number of para-hydroxylation sites is 1. The van der Waals surface area contributed by atoms with Crippen molar-refractivity contribution in [1.82, 2.24) is 15.3 Å². The molecule has 2 atom stereocenters. The van der Waals surface area contributed by atoms with E-state index >= 15 is 0 Å². The number of fused-ring (bicyclic) bond motifs is 2. The lowest BCUT2D eigenvalue weighted by Gasteiger charge is -2.41. The molecule has 2 aromatic rings. The third-order valence-electron chi connectivity index (χ3n) is 5.70. The Morgan fingerprint density at radius 3 is 2.59 bits per heavy atom. The number of aryl methyl sites for hydroxylation is 1. The van der Waals surface area contributed by atoms with Crippen LogP contribution in [0, 0.1) is 6.92 Å². The highest BCUT2D eigenvalue weighted by molar-refractivity contribution is 7.80. The summed E-state index contributed by atoms with van der Waals surface area (Å²) in [5.74, 6) is 1.69. The normalized spacial score (nSPS) is 23.4. The van der Waals surface area contributed by atoms with Crippen LogP contribution in [-0.2, 0) is 4.74 Å². The molecule has 9 heteroatoms. The molecule has 3 aliphatic rings. The minimum Gasteiger partial charge on any atom is -0.378 e. The SMILES string of the molecule is CCN1c2nc(N3CCOCC3)nc(C)c2N[C@H]2[C@@H]1NC(=S)N2c1ccccc1. The Morgan fingerprint density at radius 1 is 1.10 bits per heavy atom. The lowest BCUT2D eigenvalue weighted by Crippen LogP contribution is -2.56. The zero-order chi connectivity index (χ0) is 20.0. The van der Waals surface area contributed by atoms with E-state index in [1.165, 1.54) is 0 Å². The van der Waals surface area contributed by atoms with Crippen molar-refractivity contribution in [1.29, 1.82) is 0 Å². The first-order chi connectivity index (χ1) is 14.2. The van der Waals surface area contributed by atoms with Crippen LogP contribution in [0.4, 0.5) is 23.1 Å². The summed E-state index contributed by atoms with van der Waals surface area (Å²) >= 11 is 5.70. The zero-order valence-electron chi connectivity index (χ0n) is 16.6. The van der Waals surface area contributed by atoms with Gasteiger partial charge in [-0.15, -0.1) is 0 Å². The average Bonchev–Trinajstić information content (AvgIpc) is 3.09. The molecule has 0 amide bonds. The van der Waals surface area contributed by atoms with E-state index in [4.69, 9.17) is 26.9 Å². The molecule has 1 aromatic carbocycles. The number of likely N-dealkylation sites (N-methyl/N-ethyl adjacent to an activating group) is 1. The van der Waals surface area contributed by atoms with Crippen LogP contribution in [0.1, 0.15) is 12.6 Å². The molecule has 2 fully saturated rings. The highest BCUT2D eigenvalue weighted by Gasteiger charge is 2.46. The number of anilines is 4. The molecule has 0 bridgehead atoms. The number of nitrogens with one attached hydrogen (secondary N) is 2. The molecule has 8 nitrogen and oxygen atoms in total. The van der Waals surface area contributed by atoms with Crippen molar-refractivity contribution in [3.63, 3.8) is 0 Å². The Balaban J connectivity index is 1.54. The highest BCUT2D eigenvalue weighted by Crippen LogP contribution is 2.38. The van der Waals surface area contributed by atoms with Gasteiger partial charge in [0.1, 0.15) is 18.0 Å². The van der Waals surface area contributed by atoms with Crippen LogP contribution in [0.3, 0.4) is 0 Å². The number of morpholine rings is 1. The fourth-order valence-electron chi connectivity index (χ4n) is 4.25. The zero-order valence-corrected chi connectivity index (χ0v) is 17.4. The Bertz CT molecular complexity index is 919. The first-order valence-electron chi connectivity index (χ1n) is 10.1. The monoisotopic (exact) mass is 411 g/mol. The van der Waals surface area contributed by atoms with Crippen LogP contribution >= 0.6 is 12.2 Å². The van der Waals surface area contributed by atoms with Crippen LogP contribution < -0.4 is 25.3 Å². The van der Waals surface area contributed by atoms with Gasteiger partial charge >= 0.3 is 0 Å². The molecule has 0 saturated carbocycles. The third kappa shape index (κ3) is 3.05. The number of ether oxygens (including phenoxy) is 1. The van der Waals surface area contributed by atoms with E-state index in [1.807, 2.05) is 25.1 Å². The minimum absolute atomic E-state index is 0.00737. The highest BCUT2D eigenvalue weighted by atomic mass is 32.1. The molecule has 5 rings (SSSR count). The number of thiocarbonyl (C=S) groups is 1. The molecule has 0 aliphatic carbocycles. The van der Waals surface area contributed by atoms with Gasteiger partial charge in [0.25, 0.3) is 0 Å². The molecule has 152 valence electrons. The summed E-state index contributed by atoms with van der Waals surface area (Å²) in [6.45, 7) is 8.05. The summed E-state index contributed by atoms with van der Waals surface area (Å²) in [4.78, 5) is 16.4. The minimum atomic E-state index is -0.0334. The number of hydrogen-bond donors (Lipinski definition) is 2. The second kappa shape index (κ2) is 7.31. The molecule has 3 aliphatic heterocycles. The molecule has 1 aromatic heterocycles. The van der Waals surface area contributed by atoms with Crippen LogP contribution in [-0.4, -0.2) is 60.3 Å². The molecule has 2 saturated heterocycles. The molecule has 4 heterocycles. The van der Waals surface area contributed by atoms with Crippen molar-refractivity contribution in [3.8, 4) is 0 Å². The Kier molecular flexibility index (Phi) is 4.63. The first kappa shape index (κ1) is 18.4. The lowest BCUT2D eigenvalue weighted by atomic mass is 10.1. The predicted octanol–water partition coefficient (Wildman–Crippen LogP) is 1.92. The fraction of sp³-hybridized carbons (Fsp3) is 0.450. The van der Waals surface area contributed by atoms with Gasteiger partial charge in [-0.25, -0.2) is 4.98 Å². The third-order valence-corrected chi connectivity index (χ3v) is 6.01. The molecule has 29 heavy (non-hydrogen) atoms. The topological polar surface area (TPSA) is 68.8 Å². The van der Waals surface area contributed by atoms with E-state index in [-0.39, 0.29) is 12.3 Å². The second-order valence-electron chi connectivity index (χ2n) is 7.38. The molecule has 2 N–H and O–H groups in total. The number of nitrogens with zero attached hydrogens (tertiary/aromatic N) is 5. The van der Waals surface area contributed by atoms with Gasteiger partial charge in [-0.05, 0) is 38.2 Å². The molecular weight excluding hydrogens is 386 g/mol. The van der Waals surface area contributed by atoms with Gasteiger partial charge in [-0.2, -0.15) is 4.98 Å². The number of rotatable bonds is 3. The van der Waals surface area contributed by atoms with Crippen LogP contribution in [0.5, 0.6) is 0 Å². The summed E-state index contributed by atoms with van der Waals surface area (Å²) in [5, 5.41) is 7.87. The van der Waals surface area contributed by atoms with Gasteiger partial charge in [0.05, 0.1) is 18.9 Å². The quantitative estimate of drug-likeness (QED) is 0.737. The maximum atomic E-state index is 5.70. The van der Waals surface area contributed by atoms with Gasteiger partial charge in [0, 0.05) is 25.3 Å². The second-order valence-corrected chi connectivity index (χ2v) is 7.77. The van der Waals surface area contributed by atoms with Crippen molar-refractivity contribution < 1.29 is 4.74 Å². The van der Waals surface area contributed by atoms with Crippen LogP contribution in [0.25, 0.3) is 0 Å². The average molecular weight is 412 g/mol. The van der Waals surface area contributed by atoms with E-state index < -0.39 is 0 Å². The Hall–Kier alpha value is -2.65. The number of hydrogen-bond acceptors (Lipinski definition) is 7. The Labute approximate surface area is 175 Å². The summed E-state index contributed by atoms with van der Waals surface area (Å²) in [7, 11) is 0. The first-order valence-corrected chi connectivity index (χ1v) is 10.5. The van der Waals surface area contributed by atoms with Gasteiger partial charge in [0.2, 0.25) is 5.95 Å². The maximum Gasteiger partial charge on any atom is 0.227 e. The summed E-state index contributed by atoms with van der Waals surface area (Å²) in [5.41, 5.74) is 2.98. The molecular formula is C20H25N7OS. The van der Waals surface area contributed by atoms with E-state index in [9.17, 15) is 0 Å². The summed E-state index contributed by atoms with van der Waals surface area (Å²) < 4.78 is 5.48. The van der Waals surface area contributed by atoms with E-state index in [2.05, 4.69) is 44.4 Å². The smallest absolute Gasteiger partial charge is 0.227 e. The van der Waals surface area contributed by atoms with Gasteiger partial charge in [-0.1, -0.05) is 18.2 Å². The number of benzene rings is 1. The lowest BCUT2D eigenvalue weighted by molar-refractivity contribution is 0.122. The maximum absolute atomic E-state index is 5.70. The van der Waals surface area contributed by atoms with Gasteiger partial charge < -0.3 is 25.2 Å². The van der Waals surface area contributed by atoms with Gasteiger partial charge in [0.15, 0.2) is 10.9 Å². The van der Waals surface area contributed by atoms with Crippen molar-refractivity contribution in [3.05, 3.63) is 36.0 Å². The van der Waals surface area contributed by atoms with Gasteiger partial charge in [-0.3, -0.25) is 4.90 Å². The van der Waals surface area contributed by atoms with E-state index in [0.29, 0.717) is 18.3 Å². The van der Waals surface area contributed by atoms with Crippen molar-refractivity contribution in [2.45, 2.75) is 26.2 Å². The Morgan fingerprint density at radius 2 is 1.86 bits per heavy atom. The van der Waals surface area contributed by atoms with Crippen molar-refractivity contribution in [2.75, 3.05) is 52.9 Å². The van der Waals surface area contributed by atoms with Crippen molar-refractivity contribution >= 4 is 40.5 Å². The fourth-order valence-corrected chi connectivity index (χ4v) is 4.59. The summed E-state index contributed by atoms with van der Waals surface area (Å²) in [6.07, 6.45) is -0.0408. The number of aromatic nitrogens is 2. The van der Waals surface area contributed by atoms with Crippen molar-refractivity contribution in [2.24, 2.45) is 0 Å². The summed E-state index contributed by atoms with van der Waals surface area (Å²) in [6, 6.07) is 10.2. The largest absolute Gasteiger partial charge is 0.378 e. The van der Waals surface area contributed by atoms with Crippen LogP contribution in [0.15, 0.2) is 30.3 Å². The van der Waals surface area contributed by atoms with Crippen LogP contribution in [0.2, 0.25) is 0 Å².